The number of aliphatic imine (C=N–C) groups is 1. The molecule has 0 saturated carbocycles. The highest BCUT2D eigenvalue weighted by Gasteiger charge is 2.32. The quantitative estimate of drug-likeness (QED) is 0.248. The van der Waals surface area contributed by atoms with Gasteiger partial charge in [-0.3, -0.25) is 15.2 Å². The van der Waals surface area contributed by atoms with Crippen LogP contribution in [0.3, 0.4) is 0 Å². The molecule has 2 heterocycles. The van der Waals surface area contributed by atoms with Crippen LogP contribution in [-0.2, 0) is 0 Å². The fourth-order valence-corrected chi connectivity index (χ4v) is 3.83. The van der Waals surface area contributed by atoms with E-state index in [1.165, 1.54) is 11.3 Å². The number of amides is 1. The zero-order chi connectivity index (χ0) is 25.3. The number of pyridine rings is 1. The van der Waals surface area contributed by atoms with Gasteiger partial charge in [-0.25, -0.2) is 10.1 Å². The number of piperidine rings is 1. The van der Waals surface area contributed by atoms with Gasteiger partial charge in [0.1, 0.15) is 5.82 Å². The summed E-state index contributed by atoms with van der Waals surface area (Å²) in [5, 5.41) is 28.3. The third kappa shape index (κ3) is 7.11. The van der Waals surface area contributed by atoms with E-state index in [1.807, 2.05) is 31.2 Å². The topological polar surface area (TPSA) is 126 Å². The summed E-state index contributed by atoms with van der Waals surface area (Å²) in [6.45, 7) is 6.65. The Morgan fingerprint density at radius 1 is 1.29 bits per heavy atom. The minimum Gasteiger partial charge on any atom is -0.396 e. The zero-order valence-electron chi connectivity index (χ0n) is 20.2. The van der Waals surface area contributed by atoms with Crippen LogP contribution >= 0.6 is 0 Å². The molecule has 0 radical (unpaired) electrons. The molecule has 1 aliphatic rings. The van der Waals surface area contributed by atoms with Gasteiger partial charge in [-0.05, 0) is 63.2 Å². The van der Waals surface area contributed by atoms with Gasteiger partial charge in [0.2, 0.25) is 0 Å². The van der Waals surface area contributed by atoms with Crippen LogP contribution in [0.2, 0.25) is 0 Å². The van der Waals surface area contributed by atoms with E-state index in [0.717, 1.165) is 11.5 Å². The standard InChI is InChI=1S/C25H33N7O3/c1-4-7-22(30-31(3)29-21-9-6-5-8-20(21)26-2)28-24(34)19-10-11-23(27-18-19)32-15-12-25(35,13-16-32)14-17-33/h4-11,18,29,33,35H,2,12-17H2,1,3H3,(H,28,30,34)/b7-4+. The van der Waals surface area contributed by atoms with E-state index in [9.17, 15) is 9.90 Å². The molecule has 0 atom stereocenters. The molecule has 2 aromatic rings. The van der Waals surface area contributed by atoms with E-state index in [2.05, 4.69) is 37.4 Å². The van der Waals surface area contributed by atoms with Crippen LogP contribution < -0.4 is 15.6 Å². The fraction of sp³-hybridized carbons (Fsp3) is 0.360. The maximum Gasteiger partial charge on any atom is 0.258 e. The summed E-state index contributed by atoms with van der Waals surface area (Å²) >= 11 is 0. The van der Waals surface area contributed by atoms with Gasteiger partial charge >= 0.3 is 0 Å². The minimum atomic E-state index is -0.820. The number of allylic oxidation sites excluding steroid dienone is 1. The average molecular weight is 480 g/mol. The second kappa shape index (κ2) is 12.1. The highest BCUT2D eigenvalue weighted by molar-refractivity contribution is 6.10. The number of hydrogen-bond acceptors (Lipinski definition) is 9. The van der Waals surface area contributed by atoms with Crippen LogP contribution in [0.15, 0.2) is 64.8 Å². The molecular weight excluding hydrogens is 446 g/mol. The molecule has 0 unspecified atom stereocenters. The third-order valence-corrected chi connectivity index (χ3v) is 5.79. The number of carbonyl (C=O) groups excluding carboxylic acids is 1. The van der Waals surface area contributed by atoms with Crippen LogP contribution in [0.25, 0.3) is 0 Å². The molecule has 0 spiro atoms. The molecule has 4 N–H and O–H groups in total. The summed E-state index contributed by atoms with van der Waals surface area (Å²) in [6.07, 6.45) is 6.51. The van der Waals surface area contributed by atoms with Crippen molar-refractivity contribution in [1.82, 2.24) is 15.4 Å². The van der Waals surface area contributed by atoms with Gasteiger partial charge < -0.3 is 20.4 Å². The van der Waals surface area contributed by atoms with Gasteiger partial charge in [-0.1, -0.05) is 18.2 Å². The average Bonchev–Trinajstić information content (AvgIpc) is 2.85. The number of anilines is 2. The summed E-state index contributed by atoms with van der Waals surface area (Å²) < 4.78 is 0. The first kappa shape index (κ1) is 25.9. The molecule has 186 valence electrons. The number of carbonyl (C=O) groups is 1. The molecule has 10 heteroatoms. The van der Waals surface area contributed by atoms with Crippen molar-refractivity contribution >= 4 is 35.7 Å². The first-order chi connectivity index (χ1) is 16.9. The molecule has 0 aliphatic carbocycles. The van der Waals surface area contributed by atoms with Crippen molar-refractivity contribution in [3.8, 4) is 0 Å². The SMILES string of the molecule is C=Nc1ccccc1NN(C)/N=C(\C=C\C)NC(=O)c1ccc(N2CCC(O)(CCO)CC2)nc1. The maximum absolute atomic E-state index is 12.8. The van der Waals surface area contributed by atoms with E-state index in [-0.39, 0.29) is 12.5 Å². The van der Waals surface area contributed by atoms with E-state index in [1.54, 1.807) is 31.3 Å². The summed E-state index contributed by atoms with van der Waals surface area (Å²) in [4.78, 5) is 23.3. The Hall–Kier alpha value is -3.76. The molecule has 35 heavy (non-hydrogen) atoms. The lowest BCUT2D eigenvalue weighted by Crippen LogP contribution is -2.45. The van der Waals surface area contributed by atoms with Crippen molar-refractivity contribution < 1.29 is 15.0 Å². The number of hydrazone groups is 1. The van der Waals surface area contributed by atoms with Crippen LogP contribution in [0, 0.1) is 0 Å². The Kier molecular flexibility index (Phi) is 8.93. The number of amidine groups is 1. The van der Waals surface area contributed by atoms with Crippen LogP contribution in [0.5, 0.6) is 0 Å². The molecule has 1 aromatic heterocycles. The van der Waals surface area contributed by atoms with E-state index in [0.29, 0.717) is 49.4 Å². The third-order valence-electron chi connectivity index (χ3n) is 5.79. The summed E-state index contributed by atoms with van der Waals surface area (Å²) in [7, 11) is 1.71. The molecule has 3 rings (SSSR count). The van der Waals surface area contributed by atoms with Gasteiger partial charge in [0.25, 0.3) is 5.91 Å². The van der Waals surface area contributed by atoms with Crippen LogP contribution in [0.4, 0.5) is 17.2 Å². The van der Waals surface area contributed by atoms with E-state index >= 15 is 0 Å². The van der Waals surface area contributed by atoms with E-state index < -0.39 is 5.60 Å². The van der Waals surface area contributed by atoms with Crippen molar-refractivity contribution in [3.63, 3.8) is 0 Å². The number of nitrogens with one attached hydrogen (secondary N) is 2. The first-order valence-electron chi connectivity index (χ1n) is 11.5. The molecule has 0 bridgehead atoms. The Bertz CT molecular complexity index is 1060. The Morgan fingerprint density at radius 3 is 2.66 bits per heavy atom. The molecule has 10 nitrogen and oxygen atoms in total. The Morgan fingerprint density at radius 2 is 2.03 bits per heavy atom. The van der Waals surface area contributed by atoms with Crippen molar-refractivity contribution in [1.29, 1.82) is 0 Å². The molecule has 1 aliphatic heterocycles. The predicted molar refractivity (Wildman–Crippen MR) is 139 cm³/mol. The fourth-order valence-electron chi connectivity index (χ4n) is 3.83. The van der Waals surface area contributed by atoms with Gasteiger partial charge in [-0.2, -0.15) is 0 Å². The Balaban J connectivity index is 1.63. The number of hydrogen-bond donors (Lipinski definition) is 4. The number of benzene rings is 1. The Labute approximate surface area is 205 Å². The monoisotopic (exact) mass is 479 g/mol. The smallest absolute Gasteiger partial charge is 0.258 e. The molecular formula is C25H33N7O3. The van der Waals surface area contributed by atoms with Crippen molar-refractivity contribution in [3.05, 3.63) is 60.3 Å². The van der Waals surface area contributed by atoms with E-state index in [4.69, 9.17) is 5.11 Å². The largest absolute Gasteiger partial charge is 0.396 e. The summed E-state index contributed by atoms with van der Waals surface area (Å²) in [5.41, 5.74) is 4.09. The van der Waals surface area contributed by atoms with Crippen LogP contribution in [0.1, 0.15) is 36.5 Å². The second-order valence-corrected chi connectivity index (χ2v) is 8.34. The lowest BCUT2D eigenvalue weighted by molar-refractivity contribution is -0.00543. The minimum absolute atomic E-state index is 0.0255. The second-order valence-electron chi connectivity index (χ2n) is 8.34. The number of nitrogens with zero attached hydrogens (tertiary/aromatic N) is 5. The van der Waals surface area contributed by atoms with Crippen molar-refractivity contribution in [2.24, 2.45) is 10.1 Å². The molecule has 1 fully saturated rings. The summed E-state index contributed by atoms with van der Waals surface area (Å²) in [6, 6.07) is 10.9. The predicted octanol–water partition coefficient (Wildman–Crippen LogP) is 2.71. The highest BCUT2D eigenvalue weighted by atomic mass is 16.3. The lowest BCUT2D eigenvalue weighted by Gasteiger charge is -2.38. The zero-order valence-corrected chi connectivity index (χ0v) is 20.2. The normalized spacial score (nSPS) is 15.7. The van der Waals surface area contributed by atoms with Crippen molar-refractivity contribution in [2.45, 2.75) is 31.8 Å². The van der Waals surface area contributed by atoms with Gasteiger partial charge in [-0.15, -0.1) is 5.10 Å². The summed E-state index contributed by atoms with van der Waals surface area (Å²) in [5.74, 6) is 0.756. The molecule has 1 aromatic carbocycles. The molecule has 1 amide bonds. The van der Waals surface area contributed by atoms with Gasteiger partial charge in [0, 0.05) is 32.9 Å². The first-order valence-corrected chi connectivity index (χ1v) is 11.5. The number of aromatic nitrogens is 1. The lowest BCUT2D eigenvalue weighted by atomic mass is 9.88. The van der Waals surface area contributed by atoms with Gasteiger partial charge in [0.15, 0.2) is 5.84 Å². The van der Waals surface area contributed by atoms with Crippen LogP contribution in [-0.4, -0.2) is 71.1 Å². The number of hydrazine groups is 1. The number of aliphatic hydroxyl groups excluding tert-OH is 1. The number of rotatable bonds is 9. The van der Waals surface area contributed by atoms with Crippen molar-refractivity contribution in [2.75, 3.05) is 37.1 Å². The highest BCUT2D eigenvalue weighted by Crippen LogP contribution is 2.28. The number of para-hydroxylation sites is 2. The maximum atomic E-state index is 12.8. The number of aliphatic hydroxyl groups is 2. The molecule has 1 saturated heterocycles. The van der Waals surface area contributed by atoms with Gasteiger partial charge in [0.05, 0.1) is 22.5 Å².